The lowest BCUT2D eigenvalue weighted by Gasteiger charge is -2.28. The van der Waals surface area contributed by atoms with Crippen molar-refractivity contribution in [3.8, 4) is 0 Å². The predicted octanol–water partition coefficient (Wildman–Crippen LogP) is 2.87. The topological polar surface area (TPSA) is 48.9 Å². The van der Waals surface area contributed by atoms with Gasteiger partial charge < -0.3 is 15.4 Å². The van der Waals surface area contributed by atoms with Gasteiger partial charge in [0.15, 0.2) is 5.96 Å². The van der Waals surface area contributed by atoms with E-state index in [1.165, 1.54) is 12.0 Å². The zero-order valence-electron chi connectivity index (χ0n) is 15.3. The summed E-state index contributed by atoms with van der Waals surface area (Å²) >= 11 is 1.75. The number of thiophene rings is 1. The van der Waals surface area contributed by atoms with Crippen molar-refractivity contribution in [1.29, 1.82) is 0 Å². The van der Waals surface area contributed by atoms with Crippen molar-refractivity contribution in [1.82, 2.24) is 15.5 Å². The molecule has 5 nitrogen and oxygen atoms in total. The minimum atomic E-state index is 0.323. The third kappa shape index (κ3) is 5.76. The van der Waals surface area contributed by atoms with Gasteiger partial charge in [-0.2, -0.15) is 11.3 Å². The molecule has 0 aliphatic carbocycles. The lowest BCUT2D eigenvalue weighted by Crippen LogP contribution is -2.41. The first kappa shape index (κ1) is 19.2. The van der Waals surface area contributed by atoms with Crippen LogP contribution in [0.2, 0.25) is 0 Å². The molecule has 2 atom stereocenters. The number of rotatable bonds is 9. The van der Waals surface area contributed by atoms with Crippen LogP contribution in [0.4, 0.5) is 0 Å². The Bertz CT molecular complexity index is 467. The highest BCUT2D eigenvalue weighted by Gasteiger charge is 2.19. The molecule has 1 fully saturated rings. The molecule has 1 aromatic heterocycles. The van der Waals surface area contributed by atoms with Crippen LogP contribution in [0.15, 0.2) is 21.8 Å². The number of guanidine groups is 1. The minimum Gasteiger partial charge on any atom is -0.376 e. The first-order valence-corrected chi connectivity index (χ1v) is 10.1. The summed E-state index contributed by atoms with van der Waals surface area (Å²) in [4.78, 5) is 7.32. The van der Waals surface area contributed by atoms with Crippen molar-refractivity contribution < 1.29 is 4.74 Å². The van der Waals surface area contributed by atoms with E-state index in [9.17, 15) is 0 Å². The normalized spacial score (nSPS) is 19.7. The molecule has 2 unspecified atom stereocenters. The Morgan fingerprint density at radius 1 is 1.38 bits per heavy atom. The molecule has 2 rings (SSSR count). The average molecular weight is 353 g/mol. The molecule has 1 aliphatic heterocycles. The summed E-state index contributed by atoms with van der Waals surface area (Å²) in [6.07, 6.45) is 2.63. The number of nitrogens with zero attached hydrogens (tertiary/aromatic N) is 2. The van der Waals surface area contributed by atoms with Crippen molar-refractivity contribution in [2.45, 2.75) is 45.8 Å². The van der Waals surface area contributed by atoms with Crippen LogP contribution >= 0.6 is 11.3 Å². The zero-order chi connectivity index (χ0) is 17.2. The van der Waals surface area contributed by atoms with Crippen LogP contribution in [0, 0.1) is 0 Å². The maximum atomic E-state index is 5.69. The molecule has 6 heteroatoms. The number of ether oxygens (including phenoxy) is 1. The number of likely N-dealkylation sites (N-methyl/N-ethyl adjacent to an activating group) is 1. The van der Waals surface area contributed by atoms with Gasteiger partial charge in [-0.15, -0.1) is 0 Å². The molecule has 0 bridgehead atoms. The van der Waals surface area contributed by atoms with Gasteiger partial charge in [-0.05, 0) is 55.2 Å². The summed E-state index contributed by atoms with van der Waals surface area (Å²) in [6.45, 7) is 12.0. The third-order valence-electron chi connectivity index (χ3n) is 4.47. The van der Waals surface area contributed by atoms with E-state index in [2.05, 4.69) is 53.1 Å². The highest BCUT2D eigenvalue weighted by Crippen LogP contribution is 2.23. The van der Waals surface area contributed by atoms with E-state index in [0.717, 1.165) is 51.7 Å². The fourth-order valence-corrected chi connectivity index (χ4v) is 3.80. The number of aliphatic imine (C=N–C) groups is 1. The quantitative estimate of drug-likeness (QED) is 0.530. The molecule has 2 heterocycles. The highest BCUT2D eigenvalue weighted by atomic mass is 32.1. The van der Waals surface area contributed by atoms with Crippen LogP contribution in [-0.2, 0) is 4.74 Å². The number of hydrogen-bond acceptors (Lipinski definition) is 4. The Labute approximate surface area is 150 Å². The second-order valence-corrected chi connectivity index (χ2v) is 6.81. The Morgan fingerprint density at radius 3 is 2.79 bits per heavy atom. The molecule has 24 heavy (non-hydrogen) atoms. The Kier molecular flexibility index (Phi) is 8.56. The minimum absolute atomic E-state index is 0.323. The summed E-state index contributed by atoms with van der Waals surface area (Å²) in [5.41, 5.74) is 1.36. The van der Waals surface area contributed by atoms with Crippen molar-refractivity contribution >= 4 is 17.3 Å². The van der Waals surface area contributed by atoms with Crippen LogP contribution in [0.5, 0.6) is 0 Å². The van der Waals surface area contributed by atoms with Crippen LogP contribution in [0.1, 0.15) is 45.2 Å². The molecule has 0 saturated carbocycles. The fraction of sp³-hybridized carbons (Fsp3) is 0.722. The maximum Gasteiger partial charge on any atom is 0.191 e. The Morgan fingerprint density at radius 2 is 2.21 bits per heavy atom. The second-order valence-electron chi connectivity index (χ2n) is 6.03. The van der Waals surface area contributed by atoms with Gasteiger partial charge in [-0.1, -0.05) is 13.8 Å². The van der Waals surface area contributed by atoms with Gasteiger partial charge in [0.25, 0.3) is 0 Å². The summed E-state index contributed by atoms with van der Waals surface area (Å²) < 4.78 is 5.69. The summed E-state index contributed by atoms with van der Waals surface area (Å²) in [5, 5.41) is 11.2. The van der Waals surface area contributed by atoms with Crippen molar-refractivity contribution in [2.75, 3.05) is 39.3 Å². The van der Waals surface area contributed by atoms with Crippen LogP contribution in [-0.4, -0.2) is 56.3 Å². The lowest BCUT2D eigenvalue weighted by molar-refractivity contribution is 0.113. The van der Waals surface area contributed by atoms with Gasteiger partial charge in [-0.25, -0.2) is 0 Å². The Hall–Kier alpha value is -1.11. The molecule has 1 aromatic rings. The van der Waals surface area contributed by atoms with E-state index in [1.54, 1.807) is 11.3 Å². The average Bonchev–Trinajstić information content (AvgIpc) is 3.29. The number of hydrogen-bond donors (Lipinski definition) is 2. The number of nitrogens with one attached hydrogen (secondary N) is 2. The van der Waals surface area contributed by atoms with E-state index in [4.69, 9.17) is 9.73 Å². The molecular weight excluding hydrogens is 320 g/mol. The standard InChI is InChI=1S/C18H32N4OS/c1-4-19-18(20-12-16-8-7-10-23-16)21-13-17(22(5-2)6-3)15-9-11-24-14-15/h9,11,14,16-17H,4-8,10,12-13H2,1-3H3,(H2,19,20,21). The van der Waals surface area contributed by atoms with Crippen molar-refractivity contribution in [3.63, 3.8) is 0 Å². The van der Waals surface area contributed by atoms with E-state index >= 15 is 0 Å². The van der Waals surface area contributed by atoms with Crippen molar-refractivity contribution in [2.24, 2.45) is 4.99 Å². The molecule has 136 valence electrons. The van der Waals surface area contributed by atoms with Crippen LogP contribution in [0.3, 0.4) is 0 Å². The van der Waals surface area contributed by atoms with E-state index in [1.807, 2.05) is 0 Å². The van der Waals surface area contributed by atoms with E-state index < -0.39 is 0 Å². The molecule has 0 amide bonds. The molecule has 1 aliphatic rings. The third-order valence-corrected chi connectivity index (χ3v) is 5.17. The van der Waals surface area contributed by atoms with Crippen LogP contribution in [0.25, 0.3) is 0 Å². The molecule has 2 N–H and O–H groups in total. The monoisotopic (exact) mass is 352 g/mol. The second kappa shape index (κ2) is 10.7. The van der Waals surface area contributed by atoms with Gasteiger partial charge in [-0.3, -0.25) is 9.89 Å². The van der Waals surface area contributed by atoms with Gasteiger partial charge >= 0.3 is 0 Å². The Balaban J connectivity index is 1.99. The summed E-state index contributed by atoms with van der Waals surface area (Å²) in [7, 11) is 0. The summed E-state index contributed by atoms with van der Waals surface area (Å²) in [6, 6.07) is 2.56. The maximum absolute atomic E-state index is 5.69. The molecule has 0 spiro atoms. The fourth-order valence-electron chi connectivity index (χ4n) is 3.10. The molecule has 1 saturated heterocycles. The highest BCUT2D eigenvalue weighted by molar-refractivity contribution is 7.07. The largest absolute Gasteiger partial charge is 0.376 e. The smallest absolute Gasteiger partial charge is 0.191 e. The van der Waals surface area contributed by atoms with Crippen LogP contribution < -0.4 is 10.6 Å². The van der Waals surface area contributed by atoms with Gasteiger partial charge in [0, 0.05) is 19.7 Å². The predicted molar refractivity (Wildman–Crippen MR) is 103 cm³/mol. The van der Waals surface area contributed by atoms with Gasteiger partial charge in [0.2, 0.25) is 0 Å². The first-order chi connectivity index (χ1) is 11.8. The van der Waals surface area contributed by atoms with E-state index in [0.29, 0.717) is 12.1 Å². The van der Waals surface area contributed by atoms with Gasteiger partial charge in [0.05, 0.1) is 18.7 Å². The zero-order valence-corrected chi connectivity index (χ0v) is 16.1. The first-order valence-electron chi connectivity index (χ1n) is 9.18. The van der Waals surface area contributed by atoms with Crippen molar-refractivity contribution in [3.05, 3.63) is 22.4 Å². The SMILES string of the molecule is CCNC(=NCC(c1ccsc1)N(CC)CC)NCC1CCCO1. The molecular formula is C18H32N4OS. The molecule has 0 radical (unpaired) electrons. The van der Waals surface area contributed by atoms with E-state index in [-0.39, 0.29) is 0 Å². The molecule has 0 aromatic carbocycles. The summed E-state index contributed by atoms with van der Waals surface area (Å²) in [5.74, 6) is 0.889. The lowest BCUT2D eigenvalue weighted by atomic mass is 10.1. The van der Waals surface area contributed by atoms with Gasteiger partial charge in [0.1, 0.15) is 0 Å².